The third-order valence-corrected chi connectivity index (χ3v) is 2.71. The van der Waals surface area contributed by atoms with Gasteiger partial charge in [0.25, 0.3) is 0 Å². The molecule has 0 aromatic heterocycles. The van der Waals surface area contributed by atoms with Crippen molar-refractivity contribution in [3.8, 4) is 0 Å². The van der Waals surface area contributed by atoms with Gasteiger partial charge in [0, 0.05) is 32.8 Å². The van der Waals surface area contributed by atoms with Crippen LogP contribution in [0, 0.1) is 0 Å². The highest BCUT2D eigenvalue weighted by Gasteiger charge is 2.22. The Bertz CT molecular complexity index is 141. The Morgan fingerprint density at radius 1 is 1.62 bits per heavy atom. The summed E-state index contributed by atoms with van der Waals surface area (Å²) in [4.78, 5) is 2.41. The molecular weight excluding hydrogens is 164 g/mol. The molecule has 3 heteroatoms. The third kappa shape index (κ3) is 3.63. The molecule has 0 aliphatic carbocycles. The molecule has 13 heavy (non-hydrogen) atoms. The fourth-order valence-corrected chi connectivity index (χ4v) is 1.95. The number of hydrogen-bond donors (Lipinski definition) is 1. The molecule has 1 saturated heterocycles. The zero-order valence-electron chi connectivity index (χ0n) is 8.83. The van der Waals surface area contributed by atoms with Crippen molar-refractivity contribution in [2.75, 3.05) is 26.7 Å². The smallest absolute Gasteiger partial charge is 0.0710 e. The lowest BCUT2D eigenvalue weighted by Gasteiger charge is -2.19. The summed E-state index contributed by atoms with van der Waals surface area (Å²) in [6.45, 7) is 5.43. The number of nitrogens with two attached hydrogens (primary N) is 1. The van der Waals surface area contributed by atoms with Gasteiger partial charge in [-0.25, -0.2) is 0 Å². The van der Waals surface area contributed by atoms with E-state index in [1.165, 1.54) is 6.42 Å². The van der Waals surface area contributed by atoms with E-state index in [1.807, 2.05) is 0 Å². The molecule has 0 aromatic carbocycles. The first-order chi connectivity index (χ1) is 6.26. The second-order valence-electron chi connectivity index (χ2n) is 3.95. The average Bonchev–Trinajstić information content (AvgIpc) is 2.52. The highest BCUT2D eigenvalue weighted by atomic mass is 16.5. The molecular formula is C10H22N2O. The maximum absolute atomic E-state index is 5.97. The van der Waals surface area contributed by atoms with Gasteiger partial charge < -0.3 is 10.5 Å². The second-order valence-corrected chi connectivity index (χ2v) is 3.95. The van der Waals surface area contributed by atoms with E-state index in [9.17, 15) is 0 Å². The summed E-state index contributed by atoms with van der Waals surface area (Å²) < 4.78 is 5.30. The van der Waals surface area contributed by atoms with E-state index >= 15 is 0 Å². The second kappa shape index (κ2) is 5.58. The van der Waals surface area contributed by atoms with E-state index < -0.39 is 0 Å². The first-order valence-corrected chi connectivity index (χ1v) is 5.27. The molecule has 1 heterocycles. The first-order valence-electron chi connectivity index (χ1n) is 5.27. The van der Waals surface area contributed by atoms with Crippen molar-refractivity contribution >= 4 is 0 Å². The van der Waals surface area contributed by atoms with Crippen LogP contribution in [0.5, 0.6) is 0 Å². The lowest BCUT2D eigenvalue weighted by Crippen LogP contribution is -2.36. The standard InChI is InChI=1S/C10H22N2O/c1-3-4-9(11)7-12-6-5-10(8-12)13-2/h9-10H,3-8,11H2,1-2H3. The van der Waals surface area contributed by atoms with E-state index in [-0.39, 0.29) is 0 Å². The predicted octanol–water partition coefficient (Wildman–Crippen LogP) is 0.835. The third-order valence-electron chi connectivity index (χ3n) is 2.71. The van der Waals surface area contributed by atoms with Gasteiger partial charge in [-0.2, -0.15) is 0 Å². The van der Waals surface area contributed by atoms with E-state index in [2.05, 4.69) is 11.8 Å². The summed E-state index contributed by atoms with van der Waals surface area (Å²) in [6.07, 6.45) is 3.92. The molecule has 2 atom stereocenters. The molecule has 1 aliphatic heterocycles. The lowest BCUT2D eigenvalue weighted by molar-refractivity contribution is 0.107. The SMILES string of the molecule is CCCC(N)CN1CCC(OC)C1. The lowest BCUT2D eigenvalue weighted by atomic mass is 10.2. The fourth-order valence-electron chi connectivity index (χ4n) is 1.95. The van der Waals surface area contributed by atoms with Gasteiger partial charge in [0.15, 0.2) is 0 Å². The molecule has 0 spiro atoms. The molecule has 1 rings (SSSR count). The first kappa shape index (κ1) is 11.0. The number of likely N-dealkylation sites (tertiary alicyclic amines) is 1. The summed E-state index contributed by atoms with van der Waals surface area (Å²) in [7, 11) is 1.79. The molecule has 1 aliphatic rings. The molecule has 2 unspecified atom stereocenters. The summed E-state index contributed by atoms with van der Waals surface area (Å²) >= 11 is 0. The monoisotopic (exact) mass is 186 g/mol. The van der Waals surface area contributed by atoms with Crippen molar-refractivity contribution in [2.45, 2.75) is 38.3 Å². The zero-order valence-corrected chi connectivity index (χ0v) is 8.83. The van der Waals surface area contributed by atoms with Crippen molar-refractivity contribution in [3.63, 3.8) is 0 Å². The van der Waals surface area contributed by atoms with Gasteiger partial charge in [0.2, 0.25) is 0 Å². The summed E-state index contributed by atoms with van der Waals surface area (Å²) in [5.41, 5.74) is 5.97. The maximum atomic E-state index is 5.97. The van der Waals surface area contributed by atoms with Crippen LogP contribution in [0.2, 0.25) is 0 Å². The highest BCUT2D eigenvalue weighted by Crippen LogP contribution is 2.12. The van der Waals surface area contributed by atoms with E-state index in [0.29, 0.717) is 12.1 Å². The van der Waals surface area contributed by atoms with E-state index in [4.69, 9.17) is 10.5 Å². The number of hydrogen-bond acceptors (Lipinski definition) is 3. The van der Waals surface area contributed by atoms with Crippen molar-refractivity contribution < 1.29 is 4.74 Å². The van der Waals surface area contributed by atoms with E-state index in [0.717, 1.165) is 32.5 Å². The van der Waals surface area contributed by atoms with Gasteiger partial charge in [-0.3, -0.25) is 4.90 Å². The Balaban J connectivity index is 2.16. The van der Waals surface area contributed by atoms with Crippen LogP contribution in [0.3, 0.4) is 0 Å². The average molecular weight is 186 g/mol. The quantitative estimate of drug-likeness (QED) is 0.691. The van der Waals surface area contributed by atoms with Crippen molar-refractivity contribution in [3.05, 3.63) is 0 Å². The molecule has 2 N–H and O–H groups in total. The minimum atomic E-state index is 0.348. The molecule has 0 aromatic rings. The molecule has 3 nitrogen and oxygen atoms in total. The van der Waals surface area contributed by atoms with Gasteiger partial charge in [0.1, 0.15) is 0 Å². The molecule has 0 bridgehead atoms. The van der Waals surface area contributed by atoms with Crippen LogP contribution >= 0.6 is 0 Å². The molecule has 1 fully saturated rings. The minimum absolute atomic E-state index is 0.348. The Morgan fingerprint density at radius 2 is 2.38 bits per heavy atom. The molecule has 78 valence electrons. The summed E-state index contributed by atoms with van der Waals surface area (Å²) in [6, 6.07) is 0.348. The Morgan fingerprint density at radius 3 is 2.92 bits per heavy atom. The van der Waals surface area contributed by atoms with Gasteiger partial charge in [-0.1, -0.05) is 13.3 Å². The van der Waals surface area contributed by atoms with Gasteiger partial charge in [-0.05, 0) is 12.8 Å². The van der Waals surface area contributed by atoms with Crippen molar-refractivity contribution in [1.82, 2.24) is 4.90 Å². The van der Waals surface area contributed by atoms with Gasteiger partial charge >= 0.3 is 0 Å². The van der Waals surface area contributed by atoms with E-state index in [1.54, 1.807) is 7.11 Å². The molecule has 0 amide bonds. The van der Waals surface area contributed by atoms with Crippen LogP contribution in [0.4, 0.5) is 0 Å². The van der Waals surface area contributed by atoms with Crippen molar-refractivity contribution in [1.29, 1.82) is 0 Å². The largest absolute Gasteiger partial charge is 0.380 e. The summed E-state index contributed by atoms with van der Waals surface area (Å²) in [5.74, 6) is 0. The number of methoxy groups -OCH3 is 1. The zero-order chi connectivity index (χ0) is 9.68. The number of nitrogens with zero attached hydrogens (tertiary/aromatic N) is 1. The Kier molecular flexibility index (Phi) is 4.70. The fraction of sp³-hybridized carbons (Fsp3) is 1.00. The minimum Gasteiger partial charge on any atom is -0.380 e. The molecule has 0 radical (unpaired) electrons. The van der Waals surface area contributed by atoms with Crippen molar-refractivity contribution in [2.24, 2.45) is 5.73 Å². The molecule has 0 saturated carbocycles. The van der Waals surface area contributed by atoms with Crippen LogP contribution in [0.1, 0.15) is 26.2 Å². The van der Waals surface area contributed by atoms with Crippen LogP contribution < -0.4 is 5.73 Å². The summed E-state index contributed by atoms with van der Waals surface area (Å²) in [5, 5.41) is 0. The maximum Gasteiger partial charge on any atom is 0.0710 e. The highest BCUT2D eigenvalue weighted by molar-refractivity contribution is 4.78. The van der Waals surface area contributed by atoms with Crippen LogP contribution in [0.25, 0.3) is 0 Å². The normalized spacial score (nSPS) is 26.5. The topological polar surface area (TPSA) is 38.5 Å². The van der Waals surface area contributed by atoms with Crippen LogP contribution in [-0.4, -0.2) is 43.8 Å². The number of ether oxygens (including phenoxy) is 1. The number of rotatable bonds is 5. The Hall–Kier alpha value is -0.120. The predicted molar refractivity (Wildman–Crippen MR) is 54.7 cm³/mol. The van der Waals surface area contributed by atoms with Gasteiger partial charge in [0.05, 0.1) is 6.10 Å². The Labute approximate surface area is 81.2 Å². The van der Waals surface area contributed by atoms with Gasteiger partial charge in [-0.15, -0.1) is 0 Å². The van der Waals surface area contributed by atoms with Crippen LogP contribution in [0.15, 0.2) is 0 Å². The van der Waals surface area contributed by atoms with Crippen LogP contribution in [-0.2, 0) is 4.74 Å².